The highest BCUT2D eigenvalue weighted by molar-refractivity contribution is 5.69. The topological polar surface area (TPSA) is 35.5 Å². The molecule has 0 radical (unpaired) electrons. The number of unbranched alkanes of at least 4 members (excludes halogenated alkanes) is 3. The number of ether oxygens (including phenoxy) is 2. The van der Waals surface area contributed by atoms with Crippen molar-refractivity contribution >= 4 is 5.97 Å². The lowest BCUT2D eigenvalue weighted by Crippen LogP contribution is -2.31. The van der Waals surface area contributed by atoms with Crippen molar-refractivity contribution in [2.24, 2.45) is 0 Å². The molecule has 0 aromatic carbocycles. The van der Waals surface area contributed by atoms with Crippen molar-refractivity contribution in [3.63, 3.8) is 0 Å². The third kappa shape index (κ3) is 5.74. The Labute approximate surface area is 122 Å². The number of methoxy groups -OCH3 is 1. The molecule has 1 aliphatic rings. The second-order valence-corrected chi connectivity index (χ2v) is 5.06. The van der Waals surface area contributed by atoms with Crippen LogP contribution in [-0.4, -0.2) is 25.3 Å². The molecule has 0 aromatic rings. The molecule has 112 valence electrons. The molecular formula is C17H26O3. The first-order valence-corrected chi connectivity index (χ1v) is 7.43. The van der Waals surface area contributed by atoms with Crippen LogP contribution in [0, 0.1) is 0 Å². The molecule has 1 rings (SSSR count). The molecule has 1 aliphatic carbocycles. The van der Waals surface area contributed by atoms with Gasteiger partial charge in [-0.3, -0.25) is 4.79 Å². The molecule has 20 heavy (non-hydrogen) atoms. The highest BCUT2D eigenvalue weighted by atomic mass is 16.6. The Hall–Kier alpha value is -1.35. The summed E-state index contributed by atoms with van der Waals surface area (Å²) >= 11 is 0. The Bertz CT molecular complexity index is 368. The predicted molar refractivity (Wildman–Crippen MR) is 81.5 cm³/mol. The van der Waals surface area contributed by atoms with E-state index < -0.39 is 0 Å². The van der Waals surface area contributed by atoms with Crippen molar-refractivity contribution in [3.8, 4) is 0 Å². The average Bonchev–Trinajstić information content (AvgIpc) is 2.45. The standard InChI is InChI=1S/C17H26O3/c1-4-6-7-8-10-17(18)20-15-12-11-14(9-5-2)13-16(15)19-3/h5,11-13,15-16H,2,4,6-10H2,1,3H3. The lowest BCUT2D eigenvalue weighted by Gasteiger charge is -2.24. The van der Waals surface area contributed by atoms with Crippen LogP contribution in [0.1, 0.15) is 45.4 Å². The molecule has 0 amide bonds. The second kappa shape index (κ2) is 9.54. The van der Waals surface area contributed by atoms with Crippen LogP contribution in [0.5, 0.6) is 0 Å². The minimum Gasteiger partial charge on any atom is -0.455 e. The van der Waals surface area contributed by atoms with E-state index in [-0.39, 0.29) is 18.2 Å². The number of carbonyl (C=O) groups excluding carboxylic acids is 1. The van der Waals surface area contributed by atoms with Gasteiger partial charge in [0.25, 0.3) is 0 Å². The number of allylic oxidation sites excluding steroid dienone is 3. The van der Waals surface area contributed by atoms with Crippen LogP contribution in [0.25, 0.3) is 0 Å². The maximum absolute atomic E-state index is 11.8. The zero-order valence-corrected chi connectivity index (χ0v) is 12.6. The van der Waals surface area contributed by atoms with Crippen LogP contribution in [0.3, 0.4) is 0 Å². The molecule has 2 atom stereocenters. The molecule has 3 nitrogen and oxygen atoms in total. The van der Waals surface area contributed by atoms with Gasteiger partial charge in [-0.1, -0.05) is 38.3 Å². The molecule has 0 aliphatic heterocycles. The van der Waals surface area contributed by atoms with Crippen molar-refractivity contribution in [2.45, 2.75) is 57.7 Å². The number of esters is 1. The Morgan fingerprint density at radius 2 is 2.15 bits per heavy atom. The molecule has 0 aromatic heterocycles. The lowest BCUT2D eigenvalue weighted by atomic mass is 10.00. The van der Waals surface area contributed by atoms with Crippen molar-refractivity contribution in [1.82, 2.24) is 0 Å². The van der Waals surface area contributed by atoms with Crippen molar-refractivity contribution in [1.29, 1.82) is 0 Å². The summed E-state index contributed by atoms with van der Waals surface area (Å²) in [6, 6.07) is 0. The number of rotatable bonds is 9. The molecule has 0 spiro atoms. The summed E-state index contributed by atoms with van der Waals surface area (Å²) in [7, 11) is 1.63. The third-order valence-electron chi connectivity index (χ3n) is 3.36. The Balaban J connectivity index is 2.41. The van der Waals surface area contributed by atoms with Crippen molar-refractivity contribution in [3.05, 3.63) is 36.5 Å². The first-order chi connectivity index (χ1) is 9.71. The first kappa shape index (κ1) is 16.7. The smallest absolute Gasteiger partial charge is 0.306 e. The van der Waals surface area contributed by atoms with Gasteiger partial charge in [0.05, 0.1) is 0 Å². The van der Waals surface area contributed by atoms with Gasteiger partial charge in [-0.25, -0.2) is 0 Å². The van der Waals surface area contributed by atoms with Gasteiger partial charge in [0, 0.05) is 13.5 Å². The van der Waals surface area contributed by atoms with Gasteiger partial charge in [-0.15, -0.1) is 6.58 Å². The molecular weight excluding hydrogens is 252 g/mol. The zero-order chi connectivity index (χ0) is 14.8. The van der Waals surface area contributed by atoms with Crippen LogP contribution in [0.4, 0.5) is 0 Å². The zero-order valence-electron chi connectivity index (χ0n) is 12.6. The maximum Gasteiger partial charge on any atom is 0.306 e. The van der Waals surface area contributed by atoms with Crippen LogP contribution < -0.4 is 0 Å². The average molecular weight is 278 g/mol. The fourth-order valence-electron chi connectivity index (χ4n) is 2.21. The second-order valence-electron chi connectivity index (χ2n) is 5.06. The van der Waals surface area contributed by atoms with Crippen LogP contribution in [0.15, 0.2) is 36.5 Å². The minimum atomic E-state index is -0.313. The monoisotopic (exact) mass is 278 g/mol. The summed E-state index contributed by atoms with van der Waals surface area (Å²) in [5, 5.41) is 0. The van der Waals surface area contributed by atoms with Gasteiger partial charge in [0.2, 0.25) is 0 Å². The lowest BCUT2D eigenvalue weighted by molar-refractivity contribution is -0.151. The van der Waals surface area contributed by atoms with Gasteiger partial charge < -0.3 is 9.47 Å². The van der Waals surface area contributed by atoms with E-state index in [4.69, 9.17) is 9.47 Å². The minimum absolute atomic E-state index is 0.140. The molecule has 0 saturated heterocycles. The van der Waals surface area contributed by atoms with E-state index in [9.17, 15) is 4.79 Å². The Morgan fingerprint density at radius 3 is 2.80 bits per heavy atom. The molecule has 3 heteroatoms. The normalized spacial score (nSPS) is 21.4. The van der Waals surface area contributed by atoms with Gasteiger partial charge >= 0.3 is 5.97 Å². The Morgan fingerprint density at radius 1 is 1.35 bits per heavy atom. The highest BCUT2D eigenvalue weighted by Crippen LogP contribution is 2.20. The molecule has 0 saturated carbocycles. The number of hydrogen-bond acceptors (Lipinski definition) is 3. The summed E-state index contributed by atoms with van der Waals surface area (Å²) in [4.78, 5) is 11.8. The molecule has 0 bridgehead atoms. The molecule has 0 N–H and O–H groups in total. The van der Waals surface area contributed by atoms with E-state index in [2.05, 4.69) is 13.5 Å². The summed E-state index contributed by atoms with van der Waals surface area (Å²) < 4.78 is 10.9. The fraction of sp³-hybridized carbons (Fsp3) is 0.588. The van der Waals surface area contributed by atoms with Gasteiger partial charge in [-0.05, 0) is 30.6 Å². The third-order valence-corrected chi connectivity index (χ3v) is 3.36. The Kier molecular flexibility index (Phi) is 7.97. The van der Waals surface area contributed by atoms with E-state index in [1.165, 1.54) is 12.8 Å². The number of carbonyl (C=O) groups is 1. The van der Waals surface area contributed by atoms with Crippen molar-refractivity contribution in [2.75, 3.05) is 7.11 Å². The quantitative estimate of drug-likeness (QED) is 0.364. The summed E-state index contributed by atoms with van der Waals surface area (Å²) in [6.07, 6.45) is 12.8. The fourth-order valence-corrected chi connectivity index (χ4v) is 2.21. The summed E-state index contributed by atoms with van der Waals surface area (Å²) in [6.45, 7) is 5.88. The van der Waals surface area contributed by atoms with Crippen LogP contribution in [0.2, 0.25) is 0 Å². The van der Waals surface area contributed by atoms with E-state index in [0.717, 1.165) is 24.8 Å². The largest absolute Gasteiger partial charge is 0.455 e. The summed E-state index contributed by atoms with van der Waals surface area (Å²) in [5.41, 5.74) is 1.14. The van der Waals surface area contributed by atoms with E-state index >= 15 is 0 Å². The van der Waals surface area contributed by atoms with Crippen LogP contribution in [-0.2, 0) is 14.3 Å². The first-order valence-electron chi connectivity index (χ1n) is 7.43. The highest BCUT2D eigenvalue weighted by Gasteiger charge is 2.23. The molecule has 0 fully saturated rings. The number of hydrogen-bond donors (Lipinski definition) is 0. The van der Waals surface area contributed by atoms with Crippen molar-refractivity contribution < 1.29 is 14.3 Å². The molecule has 0 heterocycles. The van der Waals surface area contributed by atoms with Crippen LogP contribution >= 0.6 is 0 Å². The summed E-state index contributed by atoms with van der Waals surface area (Å²) in [5.74, 6) is -0.140. The van der Waals surface area contributed by atoms with Gasteiger partial charge in [-0.2, -0.15) is 0 Å². The SMILES string of the molecule is C=CCC1=CC(OC)C(OC(=O)CCCCCC)C=C1. The van der Waals surface area contributed by atoms with E-state index in [1.54, 1.807) is 7.11 Å². The van der Waals surface area contributed by atoms with Gasteiger partial charge in [0.15, 0.2) is 0 Å². The maximum atomic E-state index is 11.8. The van der Waals surface area contributed by atoms with E-state index in [1.807, 2.05) is 24.3 Å². The van der Waals surface area contributed by atoms with E-state index in [0.29, 0.717) is 6.42 Å². The predicted octanol–water partition coefficient (Wildman–Crippen LogP) is 3.96. The van der Waals surface area contributed by atoms with Gasteiger partial charge in [0.1, 0.15) is 12.2 Å². The molecule has 2 unspecified atom stereocenters.